The summed E-state index contributed by atoms with van der Waals surface area (Å²) in [6.07, 6.45) is 0.709. The predicted molar refractivity (Wildman–Crippen MR) is 91.3 cm³/mol. The summed E-state index contributed by atoms with van der Waals surface area (Å²) in [5, 5.41) is 3.59. The summed E-state index contributed by atoms with van der Waals surface area (Å²) in [4.78, 5) is 17.0. The van der Waals surface area contributed by atoms with E-state index in [0.717, 1.165) is 17.7 Å². The molecule has 4 nitrogen and oxygen atoms in total. The number of halogens is 2. The second-order valence-electron chi connectivity index (χ2n) is 6.35. The Morgan fingerprint density at radius 1 is 1.20 bits per heavy atom. The lowest BCUT2D eigenvalue weighted by molar-refractivity contribution is 0.459. The molecule has 1 N–H and O–H groups in total. The molecular weight excluding hydrogens is 324 g/mol. The number of hydrogen-bond donors (Lipinski definition) is 1. The van der Waals surface area contributed by atoms with E-state index >= 15 is 0 Å². The molecule has 0 amide bonds. The highest BCUT2D eigenvalue weighted by Gasteiger charge is 2.28. The second-order valence-corrected chi connectivity index (χ2v) is 6.35. The molecule has 1 aliphatic heterocycles. The van der Waals surface area contributed by atoms with Gasteiger partial charge in [0.15, 0.2) is 11.6 Å². The molecule has 0 saturated carbocycles. The van der Waals surface area contributed by atoms with Crippen LogP contribution in [0.3, 0.4) is 0 Å². The summed E-state index contributed by atoms with van der Waals surface area (Å²) in [5.74, 6) is -1.45. The molecule has 0 radical (unpaired) electrons. The van der Waals surface area contributed by atoms with Crippen LogP contribution in [0.5, 0.6) is 0 Å². The average Bonchev–Trinajstić information content (AvgIpc) is 3.01. The lowest BCUT2D eigenvalue weighted by Crippen LogP contribution is -2.27. The Morgan fingerprint density at radius 2 is 1.92 bits per heavy atom. The van der Waals surface area contributed by atoms with E-state index in [-0.39, 0.29) is 28.5 Å². The van der Waals surface area contributed by atoms with Crippen molar-refractivity contribution in [2.45, 2.75) is 32.0 Å². The minimum Gasteiger partial charge on any atom is -0.301 e. The van der Waals surface area contributed by atoms with Gasteiger partial charge in [-0.1, -0.05) is 30.3 Å². The topological polar surface area (TPSA) is 46.9 Å². The third-order valence-electron chi connectivity index (χ3n) is 4.73. The molecule has 0 saturated heterocycles. The molecular formula is C19H17F2N3O. The minimum absolute atomic E-state index is 0.0790. The van der Waals surface area contributed by atoms with E-state index in [1.807, 2.05) is 37.3 Å². The van der Waals surface area contributed by atoms with Gasteiger partial charge >= 0.3 is 0 Å². The first-order valence-electron chi connectivity index (χ1n) is 8.25. The molecule has 25 heavy (non-hydrogen) atoms. The molecule has 128 valence electrons. The van der Waals surface area contributed by atoms with Crippen LogP contribution >= 0.6 is 0 Å². The molecule has 2 aromatic carbocycles. The van der Waals surface area contributed by atoms with Crippen LogP contribution in [0.15, 0.2) is 47.3 Å². The standard InChI is InChI=1S/C19H17F2N3O/c1-11(12-5-3-2-4-6-12)22-16-7-8-24-18(16)23-17-10-15(21)14(20)9-13(17)19(24)25/h2-6,9-11,16,22H,7-8H2,1H3. The monoisotopic (exact) mass is 341 g/mol. The van der Waals surface area contributed by atoms with E-state index in [2.05, 4.69) is 10.3 Å². The maximum absolute atomic E-state index is 13.5. The molecule has 0 aliphatic carbocycles. The minimum atomic E-state index is -1.03. The van der Waals surface area contributed by atoms with Crippen molar-refractivity contribution in [2.75, 3.05) is 0 Å². The first kappa shape index (κ1) is 15.9. The Labute approximate surface area is 143 Å². The number of nitrogens with one attached hydrogen (secondary N) is 1. The molecule has 0 bridgehead atoms. The van der Waals surface area contributed by atoms with Crippen molar-refractivity contribution in [3.8, 4) is 0 Å². The molecule has 0 spiro atoms. The smallest absolute Gasteiger partial charge is 0.261 e. The third kappa shape index (κ3) is 2.72. The average molecular weight is 341 g/mol. The highest BCUT2D eigenvalue weighted by atomic mass is 19.2. The number of rotatable bonds is 3. The number of aromatic nitrogens is 2. The van der Waals surface area contributed by atoms with Gasteiger partial charge in [0.05, 0.1) is 16.9 Å². The fraction of sp³-hybridized carbons (Fsp3) is 0.263. The van der Waals surface area contributed by atoms with Crippen LogP contribution < -0.4 is 10.9 Å². The maximum atomic E-state index is 13.5. The van der Waals surface area contributed by atoms with Gasteiger partial charge in [0.1, 0.15) is 5.82 Å². The van der Waals surface area contributed by atoms with E-state index in [1.165, 1.54) is 0 Å². The molecule has 6 heteroatoms. The van der Waals surface area contributed by atoms with Crippen LogP contribution in [0.25, 0.3) is 10.9 Å². The third-order valence-corrected chi connectivity index (χ3v) is 4.73. The maximum Gasteiger partial charge on any atom is 0.261 e. The molecule has 2 heterocycles. The Morgan fingerprint density at radius 3 is 2.68 bits per heavy atom. The number of nitrogens with zero attached hydrogens (tertiary/aromatic N) is 2. The van der Waals surface area contributed by atoms with Gasteiger partial charge < -0.3 is 5.32 Å². The Hall–Kier alpha value is -2.60. The zero-order valence-corrected chi connectivity index (χ0v) is 13.7. The number of benzene rings is 2. The first-order chi connectivity index (χ1) is 12.0. The van der Waals surface area contributed by atoms with Gasteiger partial charge in [-0.05, 0) is 25.0 Å². The van der Waals surface area contributed by atoms with Crippen molar-refractivity contribution >= 4 is 10.9 Å². The normalized spacial score (nSPS) is 17.6. The molecule has 2 unspecified atom stereocenters. The van der Waals surface area contributed by atoms with Crippen LogP contribution in [-0.4, -0.2) is 9.55 Å². The van der Waals surface area contributed by atoms with Gasteiger partial charge in [0.2, 0.25) is 0 Å². The van der Waals surface area contributed by atoms with Crippen molar-refractivity contribution in [2.24, 2.45) is 0 Å². The summed E-state index contributed by atoms with van der Waals surface area (Å²) in [7, 11) is 0. The Bertz CT molecular complexity index is 1000. The van der Waals surface area contributed by atoms with E-state index in [1.54, 1.807) is 4.57 Å². The number of hydrogen-bond acceptors (Lipinski definition) is 3. The van der Waals surface area contributed by atoms with Crippen molar-refractivity contribution in [1.82, 2.24) is 14.9 Å². The van der Waals surface area contributed by atoms with Gasteiger partial charge in [0, 0.05) is 18.7 Å². The van der Waals surface area contributed by atoms with E-state index in [0.29, 0.717) is 18.8 Å². The van der Waals surface area contributed by atoms with Crippen LogP contribution in [0.2, 0.25) is 0 Å². The highest BCUT2D eigenvalue weighted by Crippen LogP contribution is 2.27. The SMILES string of the molecule is CC(NC1CCn2c1nc1cc(F)c(F)cc1c2=O)c1ccccc1. The van der Waals surface area contributed by atoms with Gasteiger partial charge in [-0.25, -0.2) is 13.8 Å². The summed E-state index contributed by atoms with van der Waals surface area (Å²) in [6, 6.07) is 11.9. The lowest BCUT2D eigenvalue weighted by atomic mass is 10.1. The van der Waals surface area contributed by atoms with E-state index in [9.17, 15) is 13.6 Å². The molecule has 1 aliphatic rings. The number of fused-ring (bicyclic) bond motifs is 2. The summed E-state index contributed by atoms with van der Waals surface area (Å²) in [5.41, 5.74) is 1.00. The zero-order chi connectivity index (χ0) is 17.6. The van der Waals surface area contributed by atoms with Crippen molar-refractivity contribution < 1.29 is 8.78 Å². The molecule has 3 aromatic rings. The van der Waals surface area contributed by atoms with Crippen LogP contribution in [0.1, 0.15) is 36.8 Å². The molecule has 0 fully saturated rings. The summed E-state index contributed by atoms with van der Waals surface area (Å²) < 4.78 is 28.5. The van der Waals surface area contributed by atoms with E-state index in [4.69, 9.17) is 0 Å². The molecule has 4 rings (SSSR count). The fourth-order valence-corrected chi connectivity index (χ4v) is 3.40. The van der Waals surface area contributed by atoms with Crippen molar-refractivity contribution in [1.29, 1.82) is 0 Å². The Balaban J connectivity index is 1.72. The lowest BCUT2D eigenvalue weighted by Gasteiger charge is -2.19. The largest absolute Gasteiger partial charge is 0.301 e. The predicted octanol–water partition coefficient (Wildman–Crippen LogP) is 3.47. The van der Waals surface area contributed by atoms with Gasteiger partial charge in [-0.3, -0.25) is 9.36 Å². The van der Waals surface area contributed by atoms with Crippen LogP contribution in [0.4, 0.5) is 8.78 Å². The van der Waals surface area contributed by atoms with Crippen LogP contribution in [-0.2, 0) is 6.54 Å². The van der Waals surface area contributed by atoms with Gasteiger partial charge in [0.25, 0.3) is 5.56 Å². The van der Waals surface area contributed by atoms with Gasteiger partial charge in [-0.2, -0.15) is 0 Å². The second kappa shape index (κ2) is 6.04. The van der Waals surface area contributed by atoms with Crippen molar-refractivity contribution in [3.63, 3.8) is 0 Å². The quantitative estimate of drug-likeness (QED) is 0.793. The highest BCUT2D eigenvalue weighted by molar-refractivity contribution is 5.77. The molecule has 2 atom stereocenters. The van der Waals surface area contributed by atoms with E-state index < -0.39 is 11.6 Å². The summed E-state index contributed by atoms with van der Waals surface area (Å²) in [6.45, 7) is 2.56. The molecule has 1 aromatic heterocycles. The van der Waals surface area contributed by atoms with Gasteiger partial charge in [-0.15, -0.1) is 0 Å². The first-order valence-corrected chi connectivity index (χ1v) is 8.25. The Kier molecular flexibility index (Phi) is 3.84. The fourth-order valence-electron chi connectivity index (χ4n) is 3.40. The zero-order valence-electron chi connectivity index (χ0n) is 13.7. The van der Waals surface area contributed by atoms with Crippen molar-refractivity contribution in [3.05, 3.63) is 75.8 Å². The summed E-state index contributed by atoms with van der Waals surface area (Å²) >= 11 is 0. The van der Waals surface area contributed by atoms with Crippen LogP contribution in [0, 0.1) is 11.6 Å².